The molecule has 0 radical (unpaired) electrons. The Morgan fingerprint density at radius 1 is 1.38 bits per heavy atom. The molecule has 34 heavy (non-hydrogen) atoms. The normalized spacial score (nSPS) is 19.9. The third-order valence-electron chi connectivity index (χ3n) is 5.03. The molecule has 0 bridgehead atoms. The summed E-state index contributed by atoms with van der Waals surface area (Å²) in [7, 11) is 1.66. The molecule has 2 aliphatic heterocycles. The van der Waals surface area contributed by atoms with Crippen molar-refractivity contribution in [1.29, 1.82) is 0 Å². The van der Waals surface area contributed by atoms with Crippen LogP contribution in [0.15, 0.2) is 46.8 Å². The number of amides is 2. The zero-order valence-corrected chi connectivity index (χ0v) is 21.7. The molecule has 0 spiro atoms. The van der Waals surface area contributed by atoms with Gasteiger partial charge in [-0.25, -0.2) is 4.68 Å². The van der Waals surface area contributed by atoms with Crippen LogP contribution in [-0.2, 0) is 31.0 Å². The van der Waals surface area contributed by atoms with E-state index in [1.165, 1.54) is 28.2 Å². The van der Waals surface area contributed by atoms with E-state index in [2.05, 4.69) is 20.8 Å². The van der Waals surface area contributed by atoms with Gasteiger partial charge in [-0.1, -0.05) is 42.1 Å². The Morgan fingerprint density at radius 3 is 2.74 bits per heavy atom. The van der Waals surface area contributed by atoms with Gasteiger partial charge in [0.2, 0.25) is 11.3 Å². The van der Waals surface area contributed by atoms with Gasteiger partial charge in [-0.05, 0) is 16.0 Å². The minimum atomic E-state index is -1.48. The Hall–Kier alpha value is -2.39. The summed E-state index contributed by atoms with van der Waals surface area (Å²) in [6, 6.07) is 7.39. The number of carbonyl (C=O) groups excluding carboxylic acids is 4. The van der Waals surface area contributed by atoms with Gasteiger partial charge in [0.15, 0.2) is 0 Å². The van der Waals surface area contributed by atoms with Crippen LogP contribution in [0.5, 0.6) is 0 Å². The van der Waals surface area contributed by atoms with Crippen molar-refractivity contribution in [2.45, 2.75) is 22.7 Å². The van der Waals surface area contributed by atoms with Crippen molar-refractivity contribution in [1.82, 2.24) is 30.4 Å². The number of rotatable bonds is 9. The Morgan fingerprint density at radius 2 is 2.12 bits per heavy atom. The molecule has 2 aromatic rings. The number of hydrogen-bond acceptors (Lipinski definition) is 11. The zero-order chi connectivity index (χ0) is 23.5. The van der Waals surface area contributed by atoms with Crippen LogP contribution in [0, 0.1) is 0 Å². The van der Waals surface area contributed by atoms with Gasteiger partial charge in [0.25, 0.3) is 18.3 Å². The second kappa shape index (κ2) is 11.4. The molecule has 2 amide bonds. The summed E-state index contributed by atoms with van der Waals surface area (Å²) in [5, 5.41) is 25.4. The fourth-order valence-electron chi connectivity index (χ4n) is 3.48. The molecule has 3 atom stereocenters. The van der Waals surface area contributed by atoms with Crippen LogP contribution in [0.3, 0.4) is 0 Å². The predicted molar refractivity (Wildman–Crippen MR) is 113 cm³/mol. The molecule has 172 valence electrons. The van der Waals surface area contributed by atoms with Gasteiger partial charge in [-0.2, -0.15) is 0 Å². The average molecular weight is 513 g/mol. The van der Waals surface area contributed by atoms with Gasteiger partial charge >= 0.3 is 29.6 Å². The van der Waals surface area contributed by atoms with Crippen LogP contribution in [0.4, 0.5) is 0 Å². The van der Waals surface area contributed by atoms with Crippen molar-refractivity contribution < 1.29 is 58.6 Å². The number of β-lactam (4-membered cyclic amide) rings is 1. The number of nitrogens with one attached hydrogen (secondary N) is 1. The summed E-state index contributed by atoms with van der Waals surface area (Å²) in [4.78, 5) is 49.5. The molecule has 0 aliphatic carbocycles. The molecule has 1 aromatic carbocycles. The first-order valence-corrected chi connectivity index (χ1v) is 11.6. The van der Waals surface area contributed by atoms with Crippen LogP contribution in [0.25, 0.3) is 0 Å². The number of ether oxygens (including phenoxy) is 1. The van der Waals surface area contributed by atoms with E-state index < -0.39 is 35.3 Å². The van der Waals surface area contributed by atoms with Crippen molar-refractivity contribution in [3.63, 3.8) is 0 Å². The number of aliphatic carboxylic acids is 1. The maximum absolute atomic E-state index is 12.8. The molecule has 1 N–H and O–H groups in total. The molecule has 4 rings (SSSR count). The molecule has 12 nitrogen and oxygen atoms in total. The summed E-state index contributed by atoms with van der Waals surface area (Å²) in [6.45, 7) is 0.162. The third kappa shape index (κ3) is 5.15. The van der Waals surface area contributed by atoms with Gasteiger partial charge in [-0.3, -0.25) is 19.3 Å². The number of fused-ring (bicyclic) bond motifs is 1. The standard InChI is InChI=1S/C19H18N6O6S2.Na/c1-24-19(21-22-23-24)33-8-11-7-32-17-12(16(28)25(17)13(11)18(29)30)20-15(27)14(31-9-26)10-5-3-2-4-6-10;/h2-6,9,12,14,17H,7-8H2,1H3,(H,20,27)(H,29,30);/q;+1/p-1/t12?,14-,17-;/m1./s1. The molecule has 0 saturated carbocycles. The van der Waals surface area contributed by atoms with Crippen molar-refractivity contribution in [2.24, 2.45) is 7.05 Å². The minimum Gasteiger partial charge on any atom is -0.543 e. The Balaban J connectivity index is 0.00000324. The van der Waals surface area contributed by atoms with Crippen LogP contribution < -0.4 is 40.0 Å². The fourth-order valence-corrected chi connectivity index (χ4v) is 5.82. The molecular formula is C19H17N6NaO6S2. The van der Waals surface area contributed by atoms with Crippen molar-refractivity contribution in [2.75, 3.05) is 11.5 Å². The van der Waals surface area contributed by atoms with E-state index >= 15 is 0 Å². The van der Waals surface area contributed by atoms with E-state index in [-0.39, 0.29) is 47.5 Å². The summed E-state index contributed by atoms with van der Waals surface area (Å²) in [6.07, 6.45) is -1.23. The molecular weight excluding hydrogens is 495 g/mol. The summed E-state index contributed by atoms with van der Waals surface area (Å²) >= 11 is 2.55. The Bertz CT molecular complexity index is 1130. The Kier molecular flexibility index (Phi) is 8.76. The van der Waals surface area contributed by atoms with Gasteiger partial charge in [0.1, 0.15) is 11.4 Å². The number of nitrogens with zero attached hydrogens (tertiary/aromatic N) is 5. The summed E-state index contributed by atoms with van der Waals surface area (Å²) < 4.78 is 6.38. The first kappa shape index (κ1) is 26.2. The number of benzene rings is 1. The fraction of sp³-hybridized carbons (Fsp3) is 0.316. The summed E-state index contributed by atoms with van der Waals surface area (Å²) in [5.74, 6) is -2.17. The molecule has 2 aliphatic rings. The number of hydrogen-bond donors (Lipinski definition) is 1. The average Bonchev–Trinajstić information content (AvgIpc) is 3.23. The molecule has 1 aromatic heterocycles. The third-order valence-corrected chi connectivity index (χ3v) is 7.46. The quantitative estimate of drug-likeness (QED) is 0.150. The van der Waals surface area contributed by atoms with Gasteiger partial charge < -0.3 is 20.0 Å². The van der Waals surface area contributed by atoms with Crippen LogP contribution in [0.2, 0.25) is 0 Å². The number of carboxylic acids is 1. The first-order chi connectivity index (χ1) is 15.9. The van der Waals surface area contributed by atoms with E-state index in [4.69, 9.17) is 4.74 Å². The maximum atomic E-state index is 12.8. The van der Waals surface area contributed by atoms with Gasteiger partial charge in [0, 0.05) is 24.1 Å². The maximum Gasteiger partial charge on any atom is 1.00 e. The van der Waals surface area contributed by atoms with Crippen LogP contribution >= 0.6 is 23.5 Å². The molecule has 1 saturated heterocycles. The van der Waals surface area contributed by atoms with E-state index in [0.717, 1.165) is 4.90 Å². The second-order valence-corrected chi connectivity index (χ2v) is 9.08. The first-order valence-electron chi connectivity index (χ1n) is 9.60. The van der Waals surface area contributed by atoms with E-state index in [0.29, 0.717) is 22.0 Å². The number of carboxylic acid groups (broad SMARTS) is 1. The number of aromatic nitrogens is 4. The molecule has 1 unspecified atom stereocenters. The minimum absolute atomic E-state index is 0. The molecule has 1 fully saturated rings. The SMILES string of the molecule is Cn1nnnc1SCC1=C(C(=O)[O-])N2C(=O)C(NC(=O)[C@H](OC=O)c3ccccc3)[C@H]2SC1.[Na+]. The number of aryl methyl sites for hydroxylation is 1. The second-order valence-electron chi connectivity index (χ2n) is 7.03. The Labute approximate surface area is 224 Å². The number of thioether (sulfide) groups is 2. The smallest absolute Gasteiger partial charge is 0.543 e. The summed E-state index contributed by atoms with van der Waals surface area (Å²) in [5.41, 5.74) is 0.726. The largest absolute Gasteiger partial charge is 1.00 e. The van der Waals surface area contributed by atoms with E-state index in [9.17, 15) is 24.3 Å². The molecule has 3 heterocycles. The number of tetrazole rings is 1. The van der Waals surface area contributed by atoms with Crippen LogP contribution in [0.1, 0.15) is 11.7 Å². The van der Waals surface area contributed by atoms with Crippen molar-refractivity contribution in [3.05, 3.63) is 47.2 Å². The van der Waals surface area contributed by atoms with E-state index in [1.54, 1.807) is 37.4 Å². The van der Waals surface area contributed by atoms with Gasteiger partial charge in [-0.15, -0.1) is 16.9 Å². The number of carbonyl (C=O) groups is 4. The van der Waals surface area contributed by atoms with Gasteiger partial charge in [0.05, 0.1) is 11.7 Å². The zero-order valence-electron chi connectivity index (χ0n) is 18.1. The van der Waals surface area contributed by atoms with E-state index in [1.807, 2.05) is 0 Å². The monoisotopic (exact) mass is 512 g/mol. The topological polar surface area (TPSA) is 159 Å². The van der Waals surface area contributed by atoms with Crippen LogP contribution in [-0.4, -0.2) is 72.3 Å². The van der Waals surface area contributed by atoms with Crippen molar-refractivity contribution in [3.8, 4) is 0 Å². The predicted octanol–water partition coefficient (Wildman–Crippen LogP) is -4.38. The van der Waals surface area contributed by atoms with Crippen molar-refractivity contribution >= 4 is 47.8 Å². The molecule has 15 heteroatoms.